The van der Waals surface area contributed by atoms with Gasteiger partial charge in [0.15, 0.2) is 9.84 Å². The Morgan fingerprint density at radius 3 is 2.47 bits per heavy atom. The van der Waals surface area contributed by atoms with Crippen molar-refractivity contribution in [1.29, 1.82) is 0 Å². The van der Waals surface area contributed by atoms with Crippen LogP contribution in [0, 0.1) is 0 Å². The largest absolute Gasteiger partial charge is 0.228 e. The summed E-state index contributed by atoms with van der Waals surface area (Å²) in [7, 11) is -3.02. The molecule has 0 fully saturated rings. The lowest BCUT2D eigenvalue weighted by atomic mass is 10.0. The molecular weight excluding hydrogens is 232 g/mol. The molecule has 2 aromatic carbocycles. The van der Waals surface area contributed by atoms with E-state index in [4.69, 9.17) is 0 Å². The molecule has 2 aromatic rings. The molecule has 0 saturated carbocycles. The quantitative estimate of drug-likeness (QED) is 0.723. The summed E-state index contributed by atoms with van der Waals surface area (Å²) in [5.41, 5.74) is 0.859. The van der Waals surface area contributed by atoms with Gasteiger partial charge in [0.25, 0.3) is 0 Å². The highest BCUT2D eigenvalue weighted by Gasteiger charge is 2.27. The van der Waals surface area contributed by atoms with Gasteiger partial charge in [0.1, 0.15) is 5.25 Å². The van der Waals surface area contributed by atoms with Gasteiger partial charge in [-0.1, -0.05) is 48.6 Å². The summed E-state index contributed by atoms with van der Waals surface area (Å²) in [6.07, 6.45) is 3.51. The van der Waals surface area contributed by atoms with E-state index in [1.165, 1.54) is 0 Å². The number of fused-ring (bicyclic) bond motifs is 1. The Hall–Kier alpha value is -1.61. The molecule has 2 nitrogen and oxygen atoms in total. The summed E-state index contributed by atoms with van der Waals surface area (Å²) >= 11 is 0. The van der Waals surface area contributed by atoms with E-state index < -0.39 is 15.1 Å². The summed E-state index contributed by atoms with van der Waals surface area (Å²) in [5.74, 6) is 0.157. The van der Waals surface area contributed by atoms with Crippen LogP contribution in [-0.2, 0) is 9.84 Å². The standard InChI is InChI=1S/C14H12O2S/c15-17(16)9-3-6-14(17)13-8-7-11-4-1-2-5-12(11)10-13/h1-8,10,14H,9H2. The first-order valence-electron chi connectivity index (χ1n) is 5.54. The Balaban J connectivity index is 2.16. The molecular formula is C14H12O2S. The molecule has 0 amide bonds. The molecule has 3 rings (SSSR count). The van der Waals surface area contributed by atoms with Gasteiger partial charge in [-0.15, -0.1) is 0 Å². The van der Waals surface area contributed by atoms with E-state index in [9.17, 15) is 8.42 Å². The molecule has 0 aliphatic carbocycles. The normalized spacial score (nSPS) is 22.0. The maximum atomic E-state index is 11.8. The minimum atomic E-state index is -3.02. The first kappa shape index (κ1) is 10.5. The topological polar surface area (TPSA) is 34.1 Å². The fourth-order valence-corrected chi connectivity index (χ4v) is 3.74. The summed E-state index contributed by atoms with van der Waals surface area (Å²) in [6.45, 7) is 0. The smallest absolute Gasteiger partial charge is 0.164 e. The molecule has 0 spiro atoms. The van der Waals surface area contributed by atoms with Crippen molar-refractivity contribution in [3.8, 4) is 0 Å². The minimum absolute atomic E-state index is 0.157. The van der Waals surface area contributed by atoms with Crippen LogP contribution < -0.4 is 0 Å². The van der Waals surface area contributed by atoms with Crippen LogP contribution in [0.3, 0.4) is 0 Å². The van der Waals surface area contributed by atoms with E-state index in [-0.39, 0.29) is 5.75 Å². The maximum Gasteiger partial charge on any atom is 0.164 e. The van der Waals surface area contributed by atoms with Crippen molar-refractivity contribution in [3.63, 3.8) is 0 Å². The summed E-state index contributed by atoms with van der Waals surface area (Å²) in [5, 5.41) is 1.75. The maximum absolute atomic E-state index is 11.8. The second-order valence-corrected chi connectivity index (χ2v) is 6.45. The number of rotatable bonds is 1. The monoisotopic (exact) mass is 244 g/mol. The summed E-state index contributed by atoms with van der Waals surface area (Å²) < 4.78 is 23.7. The van der Waals surface area contributed by atoms with E-state index >= 15 is 0 Å². The second-order valence-electron chi connectivity index (χ2n) is 4.28. The average Bonchev–Trinajstić information content (AvgIpc) is 2.68. The Morgan fingerprint density at radius 1 is 1.00 bits per heavy atom. The molecule has 0 radical (unpaired) electrons. The summed E-state index contributed by atoms with van der Waals surface area (Å²) in [4.78, 5) is 0. The lowest BCUT2D eigenvalue weighted by Gasteiger charge is -2.09. The van der Waals surface area contributed by atoms with Crippen LogP contribution >= 0.6 is 0 Å². The molecule has 3 heteroatoms. The Labute approximate surface area is 101 Å². The van der Waals surface area contributed by atoms with Crippen molar-refractivity contribution in [1.82, 2.24) is 0 Å². The average molecular weight is 244 g/mol. The zero-order valence-electron chi connectivity index (χ0n) is 9.21. The molecule has 1 atom stereocenters. The van der Waals surface area contributed by atoms with Gasteiger partial charge in [-0.25, -0.2) is 8.42 Å². The second kappa shape index (κ2) is 3.70. The fourth-order valence-electron chi connectivity index (χ4n) is 2.24. The van der Waals surface area contributed by atoms with Crippen molar-refractivity contribution in [3.05, 3.63) is 60.2 Å². The predicted octanol–water partition coefficient (Wildman–Crippen LogP) is 2.87. The van der Waals surface area contributed by atoms with Crippen molar-refractivity contribution in [2.45, 2.75) is 5.25 Å². The van der Waals surface area contributed by atoms with E-state index in [2.05, 4.69) is 0 Å². The van der Waals surface area contributed by atoms with E-state index in [1.807, 2.05) is 42.5 Å². The number of sulfone groups is 1. The third-order valence-electron chi connectivity index (χ3n) is 3.13. The Kier molecular flexibility index (Phi) is 2.30. The molecule has 1 heterocycles. The third kappa shape index (κ3) is 1.76. The third-order valence-corrected chi connectivity index (χ3v) is 4.99. The molecule has 1 aliphatic heterocycles. The molecule has 1 unspecified atom stereocenters. The Bertz CT molecular complexity index is 699. The van der Waals surface area contributed by atoms with Gasteiger partial charge in [-0.05, 0) is 22.4 Å². The zero-order valence-corrected chi connectivity index (χ0v) is 10.0. The van der Waals surface area contributed by atoms with Crippen molar-refractivity contribution in [2.75, 3.05) is 5.75 Å². The van der Waals surface area contributed by atoms with Gasteiger partial charge in [0, 0.05) is 0 Å². The van der Waals surface area contributed by atoms with Crippen LogP contribution in [0.2, 0.25) is 0 Å². The molecule has 0 N–H and O–H groups in total. The number of benzene rings is 2. The van der Waals surface area contributed by atoms with Gasteiger partial charge in [-0.2, -0.15) is 0 Å². The van der Waals surface area contributed by atoms with Crippen LogP contribution in [0.5, 0.6) is 0 Å². The lowest BCUT2D eigenvalue weighted by molar-refractivity contribution is 0.596. The predicted molar refractivity (Wildman–Crippen MR) is 69.6 cm³/mol. The minimum Gasteiger partial charge on any atom is -0.228 e. The van der Waals surface area contributed by atoms with Gasteiger partial charge in [0.2, 0.25) is 0 Å². The highest BCUT2D eigenvalue weighted by molar-refractivity contribution is 7.92. The molecule has 0 aromatic heterocycles. The van der Waals surface area contributed by atoms with Crippen LogP contribution in [0.25, 0.3) is 10.8 Å². The van der Waals surface area contributed by atoms with E-state index in [0.29, 0.717) is 0 Å². The van der Waals surface area contributed by atoms with Crippen molar-refractivity contribution in [2.24, 2.45) is 0 Å². The Morgan fingerprint density at radius 2 is 1.76 bits per heavy atom. The van der Waals surface area contributed by atoms with Crippen molar-refractivity contribution >= 4 is 20.6 Å². The highest BCUT2D eigenvalue weighted by atomic mass is 32.2. The fraction of sp³-hybridized carbons (Fsp3) is 0.143. The van der Waals surface area contributed by atoms with Crippen molar-refractivity contribution < 1.29 is 8.42 Å². The number of hydrogen-bond donors (Lipinski definition) is 0. The first-order valence-corrected chi connectivity index (χ1v) is 7.25. The van der Waals surface area contributed by atoms with Crippen LogP contribution in [0.4, 0.5) is 0 Å². The molecule has 0 bridgehead atoms. The highest BCUT2D eigenvalue weighted by Crippen LogP contribution is 2.31. The molecule has 17 heavy (non-hydrogen) atoms. The summed E-state index contributed by atoms with van der Waals surface area (Å²) in [6, 6.07) is 13.8. The number of hydrogen-bond acceptors (Lipinski definition) is 2. The van der Waals surface area contributed by atoms with Gasteiger partial charge >= 0.3 is 0 Å². The first-order chi connectivity index (χ1) is 8.17. The molecule has 86 valence electrons. The molecule has 1 aliphatic rings. The SMILES string of the molecule is O=S1(=O)CC=CC1c1ccc2ccccc2c1. The van der Waals surface area contributed by atoms with Gasteiger partial charge < -0.3 is 0 Å². The van der Waals surface area contributed by atoms with Crippen LogP contribution in [0.15, 0.2) is 54.6 Å². The molecule has 0 saturated heterocycles. The zero-order chi connectivity index (χ0) is 11.9. The van der Waals surface area contributed by atoms with Gasteiger partial charge in [-0.3, -0.25) is 0 Å². The lowest BCUT2D eigenvalue weighted by Crippen LogP contribution is -2.08. The van der Waals surface area contributed by atoms with Crippen LogP contribution in [0.1, 0.15) is 10.8 Å². The van der Waals surface area contributed by atoms with Crippen LogP contribution in [-0.4, -0.2) is 14.2 Å². The van der Waals surface area contributed by atoms with E-state index in [1.54, 1.807) is 12.2 Å². The van der Waals surface area contributed by atoms with Gasteiger partial charge in [0.05, 0.1) is 5.75 Å². The van der Waals surface area contributed by atoms with E-state index in [0.717, 1.165) is 16.3 Å².